The van der Waals surface area contributed by atoms with Gasteiger partial charge in [0, 0.05) is 25.3 Å². The van der Waals surface area contributed by atoms with Crippen LogP contribution in [0.2, 0.25) is 0 Å². The van der Waals surface area contributed by atoms with Gasteiger partial charge in [-0.2, -0.15) is 4.31 Å². The normalized spacial score (nSPS) is 19.4. The summed E-state index contributed by atoms with van der Waals surface area (Å²) in [7, 11) is -3.57. The third-order valence-electron chi connectivity index (χ3n) is 7.12. The van der Waals surface area contributed by atoms with E-state index in [2.05, 4.69) is 19.1 Å². The third kappa shape index (κ3) is 5.07. The number of anilines is 1. The lowest BCUT2D eigenvalue weighted by Crippen LogP contribution is -2.37. The first-order valence-electron chi connectivity index (χ1n) is 12.7. The summed E-state index contributed by atoms with van der Waals surface area (Å²) in [6, 6.07) is 10.5. The highest BCUT2D eigenvalue weighted by Gasteiger charge is 2.29. The van der Waals surface area contributed by atoms with Crippen molar-refractivity contribution in [2.45, 2.75) is 63.4 Å². The number of hydrogen-bond acceptors (Lipinski definition) is 6. The number of carbonyl (C=O) groups is 1. The number of rotatable bonds is 6. The van der Waals surface area contributed by atoms with Gasteiger partial charge >= 0.3 is 0 Å². The van der Waals surface area contributed by atoms with Gasteiger partial charge < -0.3 is 4.74 Å². The summed E-state index contributed by atoms with van der Waals surface area (Å²) < 4.78 is 34.9. The van der Waals surface area contributed by atoms with Crippen LogP contribution in [0.4, 0.5) is 5.13 Å². The molecule has 2 fully saturated rings. The van der Waals surface area contributed by atoms with E-state index in [1.165, 1.54) is 11.3 Å². The van der Waals surface area contributed by atoms with E-state index in [0.717, 1.165) is 59.9 Å². The fraction of sp³-hybridized carbons (Fsp3) is 0.481. The molecule has 1 amide bonds. The Balaban J connectivity index is 1.45. The molecular weight excluding hydrogens is 494 g/mol. The van der Waals surface area contributed by atoms with Crippen LogP contribution in [0, 0.1) is 13.8 Å². The van der Waals surface area contributed by atoms with Gasteiger partial charge in [-0.3, -0.25) is 9.69 Å². The first kappa shape index (κ1) is 25.3. The lowest BCUT2D eigenvalue weighted by Gasteiger charge is -2.23. The summed E-state index contributed by atoms with van der Waals surface area (Å²) in [5.74, 6) is -0.196. The maximum atomic E-state index is 13.8. The molecule has 0 saturated carbocycles. The first-order chi connectivity index (χ1) is 17.3. The number of hydrogen-bond donors (Lipinski definition) is 0. The van der Waals surface area contributed by atoms with Crippen LogP contribution in [-0.4, -0.2) is 56.0 Å². The fourth-order valence-corrected chi connectivity index (χ4v) is 7.60. The summed E-state index contributed by atoms with van der Waals surface area (Å²) in [6.07, 6.45) is 5.73. The van der Waals surface area contributed by atoms with Crippen molar-refractivity contribution in [3.8, 4) is 0 Å². The number of aromatic nitrogens is 1. The summed E-state index contributed by atoms with van der Waals surface area (Å²) in [5, 5.41) is 0.643. The van der Waals surface area contributed by atoms with Gasteiger partial charge in [0.25, 0.3) is 5.91 Å². The lowest BCUT2D eigenvalue weighted by atomic mass is 10.1. The van der Waals surface area contributed by atoms with E-state index in [1.807, 2.05) is 6.92 Å². The van der Waals surface area contributed by atoms with Crippen LogP contribution in [-0.2, 0) is 14.8 Å². The van der Waals surface area contributed by atoms with Gasteiger partial charge in [-0.1, -0.05) is 36.3 Å². The van der Waals surface area contributed by atoms with Crippen LogP contribution >= 0.6 is 11.3 Å². The van der Waals surface area contributed by atoms with Crippen molar-refractivity contribution >= 4 is 42.6 Å². The van der Waals surface area contributed by atoms with Crippen LogP contribution in [0.3, 0.4) is 0 Å². The van der Waals surface area contributed by atoms with E-state index in [4.69, 9.17) is 9.72 Å². The van der Waals surface area contributed by atoms with Crippen LogP contribution in [0.5, 0.6) is 0 Å². The molecule has 2 aliphatic rings. The smallest absolute Gasteiger partial charge is 0.260 e. The van der Waals surface area contributed by atoms with Crippen molar-refractivity contribution in [1.82, 2.24) is 9.29 Å². The molecule has 2 aromatic carbocycles. The van der Waals surface area contributed by atoms with Gasteiger partial charge in [-0.05, 0) is 74.9 Å². The van der Waals surface area contributed by atoms with Gasteiger partial charge in [0.2, 0.25) is 10.0 Å². The van der Waals surface area contributed by atoms with E-state index < -0.39 is 10.0 Å². The zero-order valence-corrected chi connectivity index (χ0v) is 22.5. The zero-order valence-electron chi connectivity index (χ0n) is 20.9. The van der Waals surface area contributed by atoms with Crippen LogP contribution in [0.1, 0.15) is 60.0 Å². The van der Waals surface area contributed by atoms with Crippen molar-refractivity contribution in [3.63, 3.8) is 0 Å². The number of fused-ring (bicyclic) bond motifs is 1. The van der Waals surface area contributed by atoms with Crippen molar-refractivity contribution in [2.75, 3.05) is 31.1 Å². The first-order valence-corrected chi connectivity index (χ1v) is 15.0. The number of nitrogens with zero attached hydrogens (tertiary/aromatic N) is 3. The zero-order chi connectivity index (χ0) is 25.3. The molecule has 7 nitrogen and oxygen atoms in total. The maximum absolute atomic E-state index is 13.8. The summed E-state index contributed by atoms with van der Waals surface area (Å²) in [4.78, 5) is 20.6. The Kier molecular flexibility index (Phi) is 7.44. The van der Waals surface area contributed by atoms with Gasteiger partial charge in [0.1, 0.15) is 0 Å². The van der Waals surface area contributed by atoms with E-state index in [9.17, 15) is 13.2 Å². The Labute approximate surface area is 217 Å². The molecule has 1 aromatic heterocycles. The molecule has 0 bridgehead atoms. The third-order valence-corrected chi connectivity index (χ3v) is 10.2. The standard InChI is InChI=1S/C27H33N3O4S2/c1-19-9-10-20(2)25-24(19)28-27(35-25)30(18-22-8-7-17-34-22)26(31)21-11-13-23(14-12-21)36(32,33)29-15-5-3-4-6-16-29/h9-14,22H,3-8,15-18H2,1-2H3. The minimum atomic E-state index is -3.57. The van der Waals surface area contributed by atoms with E-state index >= 15 is 0 Å². The largest absolute Gasteiger partial charge is 0.376 e. The SMILES string of the molecule is Cc1ccc(C)c2sc(N(CC3CCCO3)C(=O)c3ccc(S(=O)(=O)N4CCCCCC4)cc3)nc12. The lowest BCUT2D eigenvalue weighted by molar-refractivity contribution is 0.0917. The summed E-state index contributed by atoms with van der Waals surface area (Å²) >= 11 is 1.52. The highest BCUT2D eigenvalue weighted by atomic mass is 32.2. The number of carbonyl (C=O) groups excluding carboxylic acids is 1. The minimum absolute atomic E-state index is 0.0363. The molecule has 192 valence electrons. The molecule has 0 radical (unpaired) electrons. The van der Waals surface area contributed by atoms with Gasteiger partial charge in [0.15, 0.2) is 5.13 Å². The highest BCUT2D eigenvalue weighted by Crippen LogP contribution is 2.34. The molecule has 0 aliphatic carbocycles. The monoisotopic (exact) mass is 527 g/mol. The fourth-order valence-electron chi connectivity index (χ4n) is 4.96. The predicted octanol–water partition coefficient (Wildman–Crippen LogP) is 5.30. The van der Waals surface area contributed by atoms with Crippen LogP contribution in [0.25, 0.3) is 10.2 Å². The minimum Gasteiger partial charge on any atom is -0.376 e. The Morgan fingerprint density at radius 3 is 2.36 bits per heavy atom. The number of thiazole rings is 1. The van der Waals surface area contributed by atoms with Gasteiger partial charge in [-0.15, -0.1) is 0 Å². The van der Waals surface area contributed by atoms with E-state index in [1.54, 1.807) is 33.5 Å². The second-order valence-corrected chi connectivity index (χ2v) is 12.7. The molecular formula is C27H33N3O4S2. The maximum Gasteiger partial charge on any atom is 0.260 e. The number of sulfonamides is 1. The van der Waals surface area contributed by atoms with Crippen LogP contribution < -0.4 is 4.90 Å². The topological polar surface area (TPSA) is 79.8 Å². The average Bonchev–Trinajstić information content (AvgIpc) is 3.48. The summed E-state index contributed by atoms with van der Waals surface area (Å²) in [5.41, 5.74) is 3.56. The Morgan fingerprint density at radius 2 is 1.72 bits per heavy atom. The molecule has 2 aliphatic heterocycles. The average molecular weight is 528 g/mol. The molecule has 36 heavy (non-hydrogen) atoms. The number of aryl methyl sites for hydroxylation is 2. The van der Waals surface area contributed by atoms with Crippen molar-refractivity contribution in [3.05, 3.63) is 53.1 Å². The predicted molar refractivity (Wildman–Crippen MR) is 143 cm³/mol. The molecule has 5 rings (SSSR count). The number of ether oxygens (including phenoxy) is 1. The quantitative estimate of drug-likeness (QED) is 0.434. The van der Waals surface area contributed by atoms with Crippen LogP contribution in [0.15, 0.2) is 41.3 Å². The van der Waals surface area contributed by atoms with Gasteiger partial charge in [0.05, 0.1) is 27.8 Å². The molecule has 0 spiro atoms. The molecule has 0 N–H and O–H groups in total. The van der Waals surface area contributed by atoms with Crippen molar-refractivity contribution in [1.29, 1.82) is 0 Å². The second-order valence-electron chi connectivity index (χ2n) is 9.77. The molecule has 1 unspecified atom stereocenters. The van der Waals surface area contributed by atoms with Gasteiger partial charge in [-0.25, -0.2) is 13.4 Å². The van der Waals surface area contributed by atoms with E-state index in [0.29, 0.717) is 36.9 Å². The highest BCUT2D eigenvalue weighted by molar-refractivity contribution is 7.89. The Hall–Kier alpha value is -2.33. The molecule has 2 saturated heterocycles. The molecule has 1 atom stereocenters. The molecule has 9 heteroatoms. The Morgan fingerprint density at radius 1 is 1.03 bits per heavy atom. The van der Waals surface area contributed by atoms with Crippen molar-refractivity contribution in [2.24, 2.45) is 0 Å². The number of benzene rings is 2. The van der Waals surface area contributed by atoms with Crippen molar-refractivity contribution < 1.29 is 17.9 Å². The molecule has 3 heterocycles. The Bertz CT molecular complexity index is 1300. The van der Waals surface area contributed by atoms with E-state index in [-0.39, 0.29) is 16.9 Å². The molecule has 3 aromatic rings. The second kappa shape index (κ2) is 10.6. The summed E-state index contributed by atoms with van der Waals surface area (Å²) in [6.45, 7) is 6.31. The number of amides is 1.